The van der Waals surface area contributed by atoms with Gasteiger partial charge < -0.3 is 9.64 Å². The largest absolute Gasteiger partial charge is 0.497 e. The second kappa shape index (κ2) is 11.3. The lowest BCUT2D eigenvalue weighted by Gasteiger charge is -2.24. The van der Waals surface area contributed by atoms with Gasteiger partial charge in [-0.15, -0.1) is 11.8 Å². The summed E-state index contributed by atoms with van der Waals surface area (Å²) in [7, 11) is -1.81. The predicted octanol–water partition coefficient (Wildman–Crippen LogP) is 4.18. The van der Waals surface area contributed by atoms with Crippen molar-refractivity contribution in [2.75, 3.05) is 50.2 Å². The number of fused-ring (bicyclic) bond motifs is 1. The van der Waals surface area contributed by atoms with Crippen molar-refractivity contribution < 1.29 is 17.9 Å². The standard InChI is InChI=1S/C23H29N3O4S3/c1-5-25(6-2)14-15-26(21(27)16-31-18-12-10-17(30-3)11-13-18)23-24-22-19(32-23)8-7-9-20(22)33(4,28)29/h7-13H,5-6,14-16H2,1-4H3. The molecule has 0 aliphatic heterocycles. The monoisotopic (exact) mass is 507 g/mol. The van der Waals surface area contributed by atoms with Gasteiger partial charge >= 0.3 is 0 Å². The lowest BCUT2D eigenvalue weighted by Crippen LogP contribution is -2.39. The number of ether oxygens (including phenoxy) is 1. The summed E-state index contributed by atoms with van der Waals surface area (Å²) >= 11 is 2.79. The first-order valence-corrected chi connectivity index (χ1v) is 14.3. The first-order valence-electron chi connectivity index (χ1n) is 10.7. The zero-order chi connectivity index (χ0) is 24.0. The highest BCUT2D eigenvalue weighted by Gasteiger charge is 2.23. The molecule has 0 saturated carbocycles. The molecule has 0 N–H and O–H groups in total. The van der Waals surface area contributed by atoms with E-state index >= 15 is 0 Å². The summed E-state index contributed by atoms with van der Waals surface area (Å²) < 4.78 is 30.4. The van der Waals surface area contributed by atoms with Crippen LogP contribution in [-0.4, -0.2) is 69.5 Å². The average Bonchev–Trinajstić information content (AvgIpc) is 3.23. The van der Waals surface area contributed by atoms with Crippen molar-refractivity contribution in [3.05, 3.63) is 42.5 Å². The van der Waals surface area contributed by atoms with E-state index in [-0.39, 0.29) is 16.6 Å². The second-order valence-electron chi connectivity index (χ2n) is 7.41. The first kappa shape index (κ1) is 25.5. The Balaban J connectivity index is 1.87. The highest BCUT2D eigenvalue weighted by molar-refractivity contribution is 8.00. The van der Waals surface area contributed by atoms with E-state index in [1.165, 1.54) is 29.4 Å². The number of benzene rings is 2. The van der Waals surface area contributed by atoms with Crippen LogP contribution >= 0.6 is 23.1 Å². The van der Waals surface area contributed by atoms with E-state index in [9.17, 15) is 13.2 Å². The fourth-order valence-electron chi connectivity index (χ4n) is 3.33. The van der Waals surface area contributed by atoms with E-state index in [1.807, 2.05) is 30.3 Å². The molecule has 33 heavy (non-hydrogen) atoms. The van der Waals surface area contributed by atoms with Crippen molar-refractivity contribution in [3.63, 3.8) is 0 Å². The van der Waals surface area contributed by atoms with Crippen LogP contribution in [0.3, 0.4) is 0 Å². The summed E-state index contributed by atoms with van der Waals surface area (Å²) in [5, 5.41) is 0.522. The number of anilines is 1. The molecule has 0 aliphatic carbocycles. The number of likely N-dealkylation sites (N-methyl/N-ethyl adjacent to an activating group) is 1. The van der Waals surface area contributed by atoms with Crippen molar-refractivity contribution in [1.82, 2.24) is 9.88 Å². The van der Waals surface area contributed by atoms with E-state index in [0.29, 0.717) is 23.7 Å². The number of para-hydroxylation sites is 1. The molecular formula is C23H29N3O4S3. The number of rotatable bonds is 11. The molecule has 1 heterocycles. The first-order chi connectivity index (χ1) is 15.8. The smallest absolute Gasteiger partial charge is 0.239 e. The van der Waals surface area contributed by atoms with Gasteiger partial charge in [0, 0.05) is 24.2 Å². The third kappa shape index (κ3) is 6.47. The van der Waals surface area contributed by atoms with Crippen LogP contribution in [0.5, 0.6) is 5.75 Å². The van der Waals surface area contributed by atoms with Crippen LogP contribution in [0.2, 0.25) is 0 Å². The molecule has 7 nitrogen and oxygen atoms in total. The van der Waals surface area contributed by atoms with Crippen LogP contribution in [0.1, 0.15) is 13.8 Å². The van der Waals surface area contributed by atoms with Crippen molar-refractivity contribution in [1.29, 1.82) is 0 Å². The van der Waals surface area contributed by atoms with Crippen molar-refractivity contribution in [2.24, 2.45) is 0 Å². The van der Waals surface area contributed by atoms with Crippen molar-refractivity contribution in [3.8, 4) is 5.75 Å². The molecule has 3 aromatic rings. The van der Waals surface area contributed by atoms with E-state index in [2.05, 4.69) is 23.7 Å². The van der Waals surface area contributed by atoms with Crippen molar-refractivity contribution in [2.45, 2.75) is 23.6 Å². The van der Waals surface area contributed by atoms with Gasteiger partial charge in [0.25, 0.3) is 0 Å². The van der Waals surface area contributed by atoms with Gasteiger partial charge in [0.1, 0.15) is 11.3 Å². The third-order valence-corrected chi connectivity index (χ3v) is 8.43. The average molecular weight is 508 g/mol. The van der Waals surface area contributed by atoms with Crippen LogP contribution in [0, 0.1) is 0 Å². The molecule has 0 unspecified atom stereocenters. The van der Waals surface area contributed by atoms with E-state index in [1.54, 1.807) is 24.1 Å². The van der Waals surface area contributed by atoms with Gasteiger partial charge in [0.15, 0.2) is 15.0 Å². The maximum atomic E-state index is 13.3. The van der Waals surface area contributed by atoms with Crippen LogP contribution < -0.4 is 9.64 Å². The maximum absolute atomic E-state index is 13.3. The molecule has 0 spiro atoms. The fourth-order valence-corrected chi connectivity index (χ4v) is 6.04. The van der Waals surface area contributed by atoms with Crippen LogP contribution in [0.4, 0.5) is 5.13 Å². The Kier molecular flexibility index (Phi) is 8.75. The Hall–Kier alpha value is -2.14. The summed E-state index contributed by atoms with van der Waals surface area (Å²) in [4.78, 5) is 23.0. The summed E-state index contributed by atoms with van der Waals surface area (Å²) in [6.07, 6.45) is 1.18. The Morgan fingerprint density at radius 3 is 2.39 bits per heavy atom. The summed E-state index contributed by atoms with van der Waals surface area (Å²) in [6.45, 7) is 7.14. The normalized spacial score (nSPS) is 11.8. The lowest BCUT2D eigenvalue weighted by atomic mass is 10.3. The summed E-state index contributed by atoms with van der Waals surface area (Å²) in [5.74, 6) is 0.949. The van der Waals surface area contributed by atoms with E-state index < -0.39 is 9.84 Å². The number of thiazole rings is 1. The van der Waals surface area contributed by atoms with Gasteiger partial charge in [-0.25, -0.2) is 13.4 Å². The Bertz CT molecular complexity index is 1190. The molecule has 2 aromatic carbocycles. The SMILES string of the molecule is CCN(CC)CCN(C(=O)CSc1ccc(OC)cc1)c1nc2c(S(C)(=O)=O)cccc2s1. The number of amides is 1. The molecule has 0 saturated heterocycles. The van der Waals surface area contributed by atoms with E-state index in [0.717, 1.165) is 28.4 Å². The molecule has 0 bridgehead atoms. The number of methoxy groups -OCH3 is 1. The number of thioether (sulfide) groups is 1. The number of carbonyl (C=O) groups is 1. The minimum absolute atomic E-state index is 0.0667. The molecule has 0 atom stereocenters. The molecule has 0 aliphatic rings. The Morgan fingerprint density at radius 2 is 1.79 bits per heavy atom. The summed E-state index contributed by atoms with van der Waals surface area (Å²) in [6, 6.07) is 12.7. The predicted molar refractivity (Wildman–Crippen MR) is 137 cm³/mol. The van der Waals surface area contributed by atoms with E-state index in [4.69, 9.17) is 4.74 Å². The second-order valence-corrected chi connectivity index (χ2v) is 11.4. The fraction of sp³-hybridized carbons (Fsp3) is 0.391. The molecular weight excluding hydrogens is 478 g/mol. The minimum atomic E-state index is -3.43. The van der Waals surface area contributed by atoms with Gasteiger partial charge in [-0.05, 0) is 49.5 Å². The Labute approximate surface area is 203 Å². The maximum Gasteiger partial charge on any atom is 0.239 e. The van der Waals surface area contributed by atoms with Gasteiger partial charge in [-0.2, -0.15) is 0 Å². The number of carbonyl (C=O) groups excluding carboxylic acids is 1. The lowest BCUT2D eigenvalue weighted by molar-refractivity contribution is -0.116. The number of aromatic nitrogens is 1. The molecule has 0 radical (unpaired) electrons. The molecule has 0 fully saturated rings. The van der Waals surface area contributed by atoms with Gasteiger partial charge in [-0.1, -0.05) is 31.3 Å². The third-order valence-electron chi connectivity index (χ3n) is 5.26. The number of hydrogen-bond acceptors (Lipinski definition) is 8. The number of nitrogens with zero attached hydrogens (tertiary/aromatic N) is 3. The molecule has 1 aromatic heterocycles. The van der Waals surface area contributed by atoms with Gasteiger partial charge in [0.05, 0.1) is 22.5 Å². The molecule has 3 rings (SSSR count). The number of sulfone groups is 1. The van der Waals surface area contributed by atoms with Crippen LogP contribution in [0.15, 0.2) is 52.3 Å². The highest BCUT2D eigenvalue weighted by Crippen LogP contribution is 2.33. The van der Waals surface area contributed by atoms with Crippen LogP contribution in [-0.2, 0) is 14.6 Å². The molecule has 10 heteroatoms. The van der Waals surface area contributed by atoms with Crippen LogP contribution in [0.25, 0.3) is 10.2 Å². The molecule has 178 valence electrons. The minimum Gasteiger partial charge on any atom is -0.497 e. The quantitative estimate of drug-likeness (QED) is 0.360. The summed E-state index contributed by atoms with van der Waals surface area (Å²) in [5.41, 5.74) is 0.420. The van der Waals surface area contributed by atoms with Gasteiger partial charge in [-0.3, -0.25) is 9.69 Å². The Morgan fingerprint density at radius 1 is 1.09 bits per heavy atom. The highest BCUT2D eigenvalue weighted by atomic mass is 32.2. The zero-order valence-electron chi connectivity index (χ0n) is 19.3. The van der Waals surface area contributed by atoms with Gasteiger partial charge in [0.2, 0.25) is 5.91 Å². The topological polar surface area (TPSA) is 79.8 Å². The molecule has 1 amide bonds. The number of hydrogen-bond donors (Lipinski definition) is 0. The van der Waals surface area contributed by atoms with Crippen molar-refractivity contribution >= 4 is 54.2 Å². The zero-order valence-corrected chi connectivity index (χ0v) is 21.7.